The van der Waals surface area contributed by atoms with Crippen LogP contribution in [0.1, 0.15) is 25.5 Å². The lowest BCUT2D eigenvalue weighted by Crippen LogP contribution is -2.03. The topological polar surface area (TPSA) is 56.7 Å². The van der Waals surface area contributed by atoms with Crippen LogP contribution < -0.4 is 5.73 Å². The molecule has 0 atom stereocenters. The Balaban J connectivity index is 2.54. The average Bonchev–Trinajstić information content (AvgIpc) is 2.70. The van der Waals surface area contributed by atoms with Crippen LogP contribution in [0.3, 0.4) is 0 Å². The van der Waals surface area contributed by atoms with Crippen LogP contribution in [-0.4, -0.2) is 14.8 Å². The molecule has 90 valence electrons. The smallest absolute Gasteiger partial charge is 0.151 e. The van der Waals surface area contributed by atoms with Gasteiger partial charge in [-0.05, 0) is 18.2 Å². The number of aromatic nitrogens is 3. The predicted octanol–water partition coefficient (Wildman–Crippen LogP) is 2.11. The molecule has 4 nitrogen and oxygen atoms in total. The Morgan fingerprint density at radius 1 is 1.24 bits per heavy atom. The van der Waals surface area contributed by atoms with Crippen LogP contribution >= 0.6 is 0 Å². The summed E-state index contributed by atoms with van der Waals surface area (Å²) in [6.07, 6.45) is 1.49. The van der Waals surface area contributed by atoms with E-state index >= 15 is 0 Å². The van der Waals surface area contributed by atoms with Crippen LogP contribution in [0.25, 0.3) is 5.69 Å². The van der Waals surface area contributed by atoms with Crippen molar-refractivity contribution in [1.82, 2.24) is 14.8 Å². The molecule has 0 aliphatic heterocycles. The number of hydrogen-bond acceptors (Lipinski definition) is 3. The summed E-state index contributed by atoms with van der Waals surface area (Å²) in [5.41, 5.74) is 6.63. The van der Waals surface area contributed by atoms with Gasteiger partial charge in [0.15, 0.2) is 5.82 Å². The molecule has 0 saturated carbocycles. The number of aryl methyl sites for hydroxylation is 2. The molecule has 0 radical (unpaired) electrons. The molecule has 0 amide bonds. The first-order valence-corrected chi connectivity index (χ1v) is 5.65. The maximum atomic E-state index is 13.3. The molecule has 1 aromatic heterocycles. The number of nitrogen functional groups attached to an aromatic ring is 1. The molecule has 1 heterocycles. The molecule has 5 heteroatoms. The van der Waals surface area contributed by atoms with Gasteiger partial charge in [0.05, 0.1) is 5.69 Å². The van der Waals surface area contributed by atoms with Crippen LogP contribution in [0, 0.1) is 5.82 Å². The van der Waals surface area contributed by atoms with E-state index in [0.717, 1.165) is 24.5 Å². The van der Waals surface area contributed by atoms with Crippen molar-refractivity contribution in [2.24, 2.45) is 0 Å². The zero-order valence-corrected chi connectivity index (χ0v) is 9.94. The van der Waals surface area contributed by atoms with Gasteiger partial charge in [-0.15, -0.1) is 0 Å². The standard InChI is InChI=1S/C12H15FN4/c1-3-11-15-12(4-2)17(16-11)10-6-8(13)5-9(14)7-10/h5-7H,3-4,14H2,1-2H3. The second-order valence-corrected chi connectivity index (χ2v) is 3.81. The molecular formula is C12H15FN4. The third-order valence-corrected chi connectivity index (χ3v) is 2.50. The Morgan fingerprint density at radius 3 is 2.59 bits per heavy atom. The van der Waals surface area contributed by atoms with E-state index < -0.39 is 0 Å². The Hall–Kier alpha value is -1.91. The zero-order chi connectivity index (χ0) is 12.4. The van der Waals surface area contributed by atoms with Gasteiger partial charge in [0.25, 0.3) is 0 Å². The number of nitrogens with zero attached hydrogens (tertiary/aromatic N) is 3. The van der Waals surface area contributed by atoms with Crippen LogP contribution in [-0.2, 0) is 12.8 Å². The third-order valence-electron chi connectivity index (χ3n) is 2.50. The first kappa shape index (κ1) is 11.6. The number of nitrogens with two attached hydrogens (primary N) is 1. The van der Waals surface area contributed by atoms with E-state index in [1.165, 1.54) is 12.1 Å². The van der Waals surface area contributed by atoms with Gasteiger partial charge >= 0.3 is 0 Å². The molecule has 2 aromatic rings. The van der Waals surface area contributed by atoms with Gasteiger partial charge in [0.2, 0.25) is 0 Å². The molecule has 0 aliphatic carbocycles. The van der Waals surface area contributed by atoms with Crippen LogP contribution in [0.15, 0.2) is 18.2 Å². The molecule has 0 aliphatic rings. The minimum atomic E-state index is -0.365. The maximum Gasteiger partial charge on any atom is 0.151 e. The fraction of sp³-hybridized carbons (Fsp3) is 0.333. The van der Waals surface area contributed by atoms with E-state index in [4.69, 9.17) is 5.73 Å². The summed E-state index contributed by atoms with van der Waals surface area (Å²) in [7, 11) is 0. The highest BCUT2D eigenvalue weighted by molar-refractivity contribution is 5.48. The van der Waals surface area contributed by atoms with E-state index in [-0.39, 0.29) is 5.82 Å². The van der Waals surface area contributed by atoms with Crippen LogP contribution in [0.2, 0.25) is 0 Å². The summed E-state index contributed by atoms with van der Waals surface area (Å²) in [6, 6.07) is 4.38. The molecule has 0 fully saturated rings. The lowest BCUT2D eigenvalue weighted by Gasteiger charge is -2.05. The van der Waals surface area contributed by atoms with Gasteiger partial charge in [-0.25, -0.2) is 14.1 Å². The van der Waals surface area contributed by atoms with E-state index in [1.54, 1.807) is 10.7 Å². The SMILES string of the molecule is CCc1nc(CC)n(-c2cc(N)cc(F)c2)n1. The summed E-state index contributed by atoms with van der Waals surface area (Å²) < 4.78 is 14.9. The monoisotopic (exact) mass is 234 g/mol. The van der Waals surface area contributed by atoms with Crippen molar-refractivity contribution in [3.8, 4) is 5.69 Å². The van der Waals surface area contributed by atoms with Crippen molar-refractivity contribution in [2.75, 3.05) is 5.73 Å². The maximum absolute atomic E-state index is 13.3. The first-order valence-electron chi connectivity index (χ1n) is 5.65. The Labute approximate surface area is 99.3 Å². The third kappa shape index (κ3) is 2.27. The highest BCUT2D eigenvalue weighted by atomic mass is 19.1. The molecular weight excluding hydrogens is 219 g/mol. The average molecular weight is 234 g/mol. The molecule has 0 spiro atoms. The molecule has 0 bridgehead atoms. The number of rotatable bonds is 3. The van der Waals surface area contributed by atoms with Gasteiger partial charge in [0.1, 0.15) is 11.6 Å². The minimum Gasteiger partial charge on any atom is -0.399 e. The quantitative estimate of drug-likeness (QED) is 0.827. The summed E-state index contributed by atoms with van der Waals surface area (Å²) in [6.45, 7) is 3.97. The summed E-state index contributed by atoms with van der Waals surface area (Å²) in [5, 5.41) is 4.34. The molecule has 17 heavy (non-hydrogen) atoms. The molecule has 0 unspecified atom stereocenters. The van der Waals surface area contributed by atoms with Gasteiger partial charge in [0, 0.05) is 18.5 Å². The lowest BCUT2D eigenvalue weighted by atomic mass is 10.2. The summed E-state index contributed by atoms with van der Waals surface area (Å²) >= 11 is 0. The van der Waals surface area contributed by atoms with Crippen molar-refractivity contribution < 1.29 is 4.39 Å². The number of hydrogen-bond donors (Lipinski definition) is 1. The molecule has 0 saturated heterocycles. The van der Waals surface area contributed by atoms with E-state index in [0.29, 0.717) is 11.4 Å². The number of halogens is 1. The highest BCUT2D eigenvalue weighted by Crippen LogP contribution is 2.16. The second kappa shape index (κ2) is 4.53. The lowest BCUT2D eigenvalue weighted by molar-refractivity contribution is 0.625. The van der Waals surface area contributed by atoms with Gasteiger partial charge in [-0.2, -0.15) is 5.10 Å². The number of benzene rings is 1. The Bertz CT molecular complexity index is 513. The van der Waals surface area contributed by atoms with Crippen molar-refractivity contribution in [1.29, 1.82) is 0 Å². The van der Waals surface area contributed by atoms with Crippen molar-refractivity contribution in [2.45, 2.75) is 26.7 Å². The van der Waals surface area contributed by atoms with Gasteiger partial charge in [-0.3, -0.25) is 0 Å². The van der Waals surface area contributed by atoms with E-state index in [1.807, 2.05) is 13.8 Å². The minimum absolute atomic E-state index is 0.365. The van der Waals surface area contributed by atoms with Crippen molar-refractivity contribution in [3.63, 3.8) is 0 Å². The molecule has 2 N–H and O–H groups in total. The predicted molar refractivity (Wildman–Crippen MR) is 64.5 cm³/mol. The summed E-state index contributed by atoms with van der Waals surface area (Å²) in [4.78, 5) is 4.37. The Kier molecular flexibility index (Phi) is 3.08. The van der Waals surface area contributed by atoms with Crippen LogP contribution in [0.4, 0.5) is 10.1 Å². The van der Waals surface area contributed by atoms with Crippen molar-refractivity contribution in [3.05, 3.63) is 35.7 Å². The largest absolute Gasteiger partial charge is 0.399 e. The number of anilines is 1. The highest BCUT2D eigenvalue weighted by Gasteiger charge is 2.10. The van der Waals surface area contributed by atoms with Crippen LogP contribution in [0.5, 0.6) is 0 Å². The normalized spacial score (nSPS) is 10.8. The van der Waals surface area contributed by atoms with E-state index in [9.17, 15) is 4.39 Å². The van der Waals surface area contributed by atoms with Gasteiger partial charge in [-0.1, -0.05) is 13.8 Å². The van der Waals surface area contributed by atoms with Crippen molar-refractivity contribution >= 4 is 5.69 Å². The fourth-order valence-corrected chi connectivity index (χ4v) is 1.70. The Morgan fingerprint density at radius 2 is 2.00 bits per heavy atom. The fourth-order valence-electron chi connectivity index (χ4n) is 1.70. The molecule has 2 rings (SSSR count). The van der Waals surface area contributed by atoms with Gasteiger partial charge < -0.3 is 5.73 Å². The van der Waals surface area contributed by atoms with E-state index in [2.05, 4.69) is 10.1 Å². The second-order valence-electron chi connectivity index (χ2n) is 3.81. The first-order chi connectivity index (χ1) is 8.13. The zero-order valence-electron chi connectivity index (χ0n) is 9.94. The summed E-state index contributed by atoms with van der Waals surface area (Å²) in [5.74, 6) is 1.20. The molecule has 1 aromatic carbocycles.